The van der Waals surface area contributed by atoms with Gasteiger partial charge in [0.15, 0.2) is 5.01 Å². The van der Waals surface area contributed by atoms with E-state index in [9.17, 15) is 9.59 Å². The molecule has 0 radical (unpaired) electrons. The maximum Gasteiger partial charge on any atom is 0.280 e. The average molecular weight is 466 g/mol. The Balaban J connectivity index is 1.29. The van der Waals surface area contributed by atoms with E-state index in [1.807, 2.05) is 25.1 Å². The van der Waals surface area contributed by atoms with Crippen molar-refractivity contribution in [3.63, 3.8) is 0 Å². The largest absolute Gasteiger partial charge is 0.351 e. The minimum Gasteiger partial charge on any atom is -0.351 e. The maximum atomic E-state index is 13.1. The number of aryl methyl sites for hydroxylation is 1. The fourth-order valence-corrected chi connectivity index (χ4v) is 6.08. The Morgan fingerprint density at radius 2 is 1.97 bits per heavy atom. The zero-order valence-corrected chi connectivity index (χ0v) is 20.2. The first-order valence-electron chi connectivity index (χ1n) is 11.7. The van der Waals surface area contributed by atoms with Crippen molar-refractivity contribution in [2.45, 2.75) is 58.2 Å². The lowest BCUT2D eigenvalue weighted by molar-refractivity contribution is 0.0845. The third kappa shape index (κ3) is 4.68. The highest BCUT2D eigenvalue weighted by molar-refractivity contribution is 7.13. The zero-order valence-electron chi connectivity index (χ0n) is 19.4. The van der Waals surface area contributed by atoms with Crippen molar-refractivity contribution in [1.29, 1.82) is 0 Å². The first-order chi connectivity index (χ1) is 15.9. The number of aromatic nitrogens is 2. The van der Waals surface area contributed by atoms with Crippen LogP contribution in [0.2, 0.25) is 0 Å². The summed E-state index contributed by atoms with van der Waals surface area (Å²) in [6.07, 6.45) is 3.60. The SMILES string of the molecule is Cc1ccc2[nH]c(C(=O)N[C@H]3CC[C@@H](C)C[C@H]3NC(=O)c3nc4c(s3)CN(C)CC4)cc2c1. The topological polar surface area (TPSA) is 90.1 Å². The molecule has 2 aromatic heterocycles. The summed E-state index contributed by atoms with van der Waals surface area (Å²) in [5.74, 6) is 0.240. The Hall–Kier alpha value is -2.71. The smallest absolute Gasteiger partial charge is 0.280 e. The van der Waals surface area contributed by atoms with Gasteiger partial charge in [0.05, 0.1) is 5.69 Å². The summed E-state index contributed by atoms with van der Waals surface area (Å²) in [5, 5.41) is 7.94. The lowest BCUT2D eigenvalue weighted by atomic mass is 9.83. The fourth-order valence-electron chi connectivity index (χ4n) is 4.98. The Morgan fingerprint density at radius 1 is 1.15 bits per heavy atom. The second-order valence-electron chi connectivity index (χ2n) is 9.73. The van der Waals surface area contributed by atoms with Gasteiger partial charge in [-0.15, -0.1) is 11.3 Å². The van der Waals surface area contributed by atoms with Crippen molar-refractivity contribution in [3.8, 4) is 0 Å². The Bertz CT molecular complexity index is 1200. The van der Waals surface area contributed by atoms with Crippen LogP contribution in [0, 0.1) is 12.8 Å². The van der Waals surface area contributed by atoms with Gasteiger partial charge in [0.2, 0.25) is 0 Å². The quantitative estimate of drug-likeness (QED) is 0.549. The number of amides is 2. The van der Waals surface area contributed by atoms with E-state index >= 15 is 0 Å². The molecule has 0 spiro atoms. The van der Waals surface area contributed by atoms with Gasteiger partial charge in [0, 0.05) is 47.4 Å². The fraction of sp³-hybridized carbons (Fsp3) is 0.480. The van der Waals surface area contributed by atoms with Gasteiger partial charge in [0.25, 0.3) is 11.8 Å². The van der Waals surface area contributed by atoms with Gasteiger partial charge in [-0.25, -0.2) is 4.98 Å². The van der Waals surface area contributed by atoms with E-state index in [0.29, 0.717) is 16.6 Å². The number of nitrogens with zero attached hydrogens (tertiary/aromatic N) is 2. The number of carbonyl (C=O) groups is 2. The molecule has 7 nitrogen and oxygen atoms in total. The van der Waals surface area contributed by atoms with Gasteiger partial charge in [-0.1, -0.05) is 18.6 Å². The molecule has 1 aromatic carbocycles. The molecule has 174 valence electrons. The summed E-state index contributed by atoms with van der Waals surface area (Å²) in [5.41, 5.74) is 3.72. The summed E-state index contributed by atoms with van der Waals surface area (Å²) in [4.78, 5) is 37.4. The molecule has 3 N–H and O–H groups in total. The van der Waals surface area contributed by atoms with Crippen molar-refractivity contribution in [2.75, 3.05) is 13.6 Å². The summed E-state index contributed by atoms with van der Waals surface area (Å²) in [7, 11) is 2.09. The number of thiazole rings is 1. The number of aromatic amines is 1. The van der Waals surface area contributed by atoms with Gasteiger partial charge in [-0.3, -0.25) is 9.59 Å². The van der Waals surface area contributed by atoms with E-state index in [2.05, 4.69) is 45.5 Å². The van der Waals surface area contributed by atoms with Gasteiger partial charge >= 0.3 is 0 Å². The Kier molecular flexibility index (Phi) is 5.97. The summed E-state index contributed by atoms with van der Waals surface area (Å²) in [6.45, 7) is 6.07. The van der Waals surface area contributed by atoms with Crippen LogP contribution in [-0.4, -0.2) is 52.4 Å². The van der Waals surface area contributed by atoms with Crippen LogP contribution in [-0.2, 0) is 13.0 Å². The van der Waals surface area contributed by atoms with Gasteiger partial charge in [0.1, 0.15) is 5.69 Å². The minimum atomic E-state index is -0.129. The van der Waals surface area contributed by atoms with Crippen LogP contribution in [0.15, 0.2) is 24.3 Å². The van der Waals surface area contributed by atoms with Crippen LogP contribution < -0.4 is 10.6 Å². The number of fused-ring (bicyclic) bond motifs is 2. The lowest BCUT2D eigenvalue weighted by Crippen LogP contribution is -2.54. The van der Waals surface area contributed by atoms with E-state index in [4.69, 9.17) is 0 Å². The molecule has 1 aliphatic carbocycles. The van der Waals surface area contributed by atoms with Crippen LogP contribution in [0.3, 0.4) is 0 Å². The highest BCUT2D eigenvalue weighted by Gasteiger charge is 2.32. The molecule has 3 aromatic rings. The molecule has 1 fully saturated rings. The molecule has 3 heterocycles. The molecular formula is C25H31N5O2S. The van der Waals surface area contributed by atoms with Crippen molar-refractivity contribution in [1.82, 2.24) is 25.5 Å². The third-order valence-corrected chi connectivity index (χ3v) is 7.96. The second-order valence-corrected chi connectivity index (χ2v) is 10.8. The molecule has 8 heteroatoms. The Morgan fingerprint density at radius 3 is 2.82 bits per heavy atom. The lowest BCUT2D eigenvalue weighted by Gasteiger charge is -2.35. The number of likely N-dealkylation sites (N-methyl/N-ethyl adjacent to an activating group) is 1. The standard InChI is InChI=1S/C25H31N5O2S/c1-14-4-6-17-16(10-14)12-21(26-17)23(31)27-18-7-5-15(2)11-20(18)28-24(32)25-29-19-8-9-30(3)13-22(19)33-25/h4,6,10,12,15,18,20,26H,5,7-9,11,13H2,1-3H3,(H,27,31)(H,28,32)/t15-,18+,20-/m1/s1. The van der Waals surface area contributed by atoms with Crippen LogP contribution in [0.4, 0.5) is 0 Å². The molecule has 5 rings (SSSR count). The van der Waals surface area contributed by atoms with Crippen LogP contribution in [0.5, 0.6) is 0 Å². The molecule has 0 unspecified atom stereocenters. The number of H-pyrrole nitrogens is 1. The first kappa shape index (κ1) is 22.1. The van der Waals surface area contributed by atoms with Crippen molar-refractivity contribution >= 4 is 34.1 Å². The number of hydrogen-bond donors (Lipinski definition) is 3. The number of hydrogen-bond acceptors (Lipinski definition) is 5. The van der Waals surface area contributed by atoms with E-state index in [-0.39, 0.29) is 23.9 Å². The van der Waals surface area contributed by atoms with E-state index in [1.54, 1.807) is 0 Å². The van der Waals surface area contributed by atoms with Gasteiger partial charge < -0.3 is 20.5 Å². The Labute approximate surface area is 198 Å². The highest BCUT2D eigenvalue weighted by atomic mass is 32.1. The van der Waals surface area contributed by atoms with Gasteiger partial charge in [-0.2, -0.15) is 0 Å². The van der Waals surface area contributed by atoms with Crippen molar-refractivity contribution in [2.24, 2.45) is 5.92 Å². The van der Waals surface area contributed by atoms with Crippen LogP contribution in [0.25, 0.3) is 10.9 Å². The zero-order chi connectivity index (χ0) is 23.1. The monoisotopic (exact) mass is 465 g/mol. The van der Waals surface area contributed by atoms with Gasteiger partial charge in [-0.05, 0) is 57.4 Å². The molecule has 0 saturated heterocycles. The second kappa shape index (κ2) is 8.91. The first-order valence-corrected chi connectivity index (χ1v) is 12.6. The number of benzene rings is 1. The third-order valence-electron chi connectivity index (χ3n) is 6.88. The summed E-state index contributed by atoms with van der Waals surface area (Å²) < 4.78 is 0. The highest BCUT2D eigenvalue weighted by Crippen LogP contribution is 2.27. The average Bonchev–Trinajstić information content (AvgIpc) is 3.39. The molecule has 3 atom stereocenters. The maximum absolute atomic E-state index is 13.1. The number of carbonyl (C=O) groups excluding carboxylic acids is 2. The molecule has 2 amide bonds. The number of rotatable bonds is 4. The van der Waals surface area contributed by atoms with Crippen LogP contribution >= 0.6 is 11.3 Å². The minimum absolute atomic E-state index is 0.105. The summed E-state index contributed by atoms with van der Waals surface area (Å²) >= 11 is 1.49. The predicted octanol–water partition coefficient (Wildman–Crippen LogP) is 3.64. The molecule has 1 aliphatic heterocycles. The molecule has 2 aliphatic rings. The predicted molar refractivity (Wildman–Crippen MR) is 131 cm³/mol. The number of nitrogens with one attached hydrogen (secondary N) is 3. The molecule has 33 heavy (non-hydrogen) atoms. The van der Waals surface area contributed by atoms with E-state index < -0.39 is 0 Å². The summed E-state index contributed by atoms with van der Waals surface area (Å²) in [6, 6.07) is 7.78. The molecule has 1 saturated carbocycles. The van der Waals surface area contributed by atoms with Crippen molar-refractivity contribution < 1.29 is 9.59 Å². The normalized spacial score (nSPS) is 23.3. The van der Waals surface area contributed by atoms with E-state index in [1.165, 1.54) is 16.2 Å². The van der Waals surface area contributed by atoms with Crippen LogP contribution in [0.1, 0.15) is 62.6 Å². The molecule has 0 bridgehead atoms. The van der Waals surface area contributed by atoms with E-state index in [0.717, 1.165) is 60.9 Å². The van der Waals surface area contributed by atoms with Crippen molar-refractivity contribution in [3.05, 3.63) is 51.1 Å². The molecular weight excluding hydrogens is 434 g/mol.